The van der Waals surface area contributed by atoms with Crippen LogP contribution in [0.3, 0.4) is 0 Å². The number of fused-ring (bicyclic) bond motifs is 1. The predicted octanol–water partition coefficient (Wildman–Crippen LogP) is 2.87. The summed E-state index contributed by atoms with van der Waals surface area (Å²) in [6.07, 6.45) is 4.32. The summed E-state index contributed by atoms with van der Waals surface area (Å²) < 4.78 is 3.55. The number of rotatable bonds is 4. The molecule has 8 heteroatoms. The molecule has 27 heavy (non-hydrogen) atoms. The van der Waals surface area contributed by atoms with E-state index >= 15 is 0 Å². The number of carboxylic acid groups (broad SMARTS) is 1. The predicted molar refractivity (Wildman–Crippen MR) is 100 cm³/mol. The summed E-state index contributed by atoms with van der Waals surface area (Å²) in [7, 11) is 1.88. The minimum absolute atomic E-state index is 0.273. The molecule has 1 aromatic carbocycles. The van der Waals surface area contributed by atoms with Gasteiger partial charge in [-0.2, -0.15) is 10.2 Å². The standard InChI is InChI=1S/C19H18N6O2/c1-12-7-13(3-4-14(12)9-20-19(26)27)18-17-8-15(10-25(17)22-11-21-18)16-5-6-24(2)23-16/h3-8,10-11,20H,9H2,1-2H3,(H,26,27). The molecule has 0 saturated heterocycles. The fourth-order valence-electron chi connectivity index (χ4n) is 3.07. The van der Waals surface area contributed by atoms with Crippen molar-refractivity contribution in [3.63, 3.8) is 0 Å². The molecule has 0 unspecified atom stereocenters. The van der Waals surface area contributed by atoms with Crippen molar-refractivity contribution in [3.8, 4) is 22.5 Å². The van der Waals surface area contributed by atoms with Gasteiger partial charge in [0.25, 0.3) is 0 Å². The van der Waals surface area contributed by atoms with Crippen molar-refractivity contribution in [1.82, 2.24) is 29.7 Å². The Morgan fingerprint density at radius 3 is 2.78 bits per heavy atom. The number of carbonyl (C=O) groups is 1. The molecule has 1 amide bonds. The highest BCUT2D eigenvalue weighted by Crippen LogP contribution is 2.28. The van der Waals surface area contributed by atoms with E-state index in [0.717, 1.165) is 39.2 Å². The Morgan fingerprint density at radius 2 is 2.07 bits per heavy atom. The number of hydrogen-bond donors (Lipinski definition) is 2. The average molecular weight is 362 g/mol. The first-order valence-corrected chi connectivity index (χ1v) is 8.41. The molecule has 4 rings (SSSR count). The molecule has 4 aromatic rings. The van der Waals surface area contributed by atoms with Gasteiger partial charge in [0.1, 0.15) is 6.33 Å². The minimum Gasteiger partial charge on any atom is -0.465 e. The highest BCUT2D eigenvalue weighted by Gasteiger charge is 2.12. The van der Waals surface area contributed by atoms with Crippen LogP contribution in [0.5, 0.6) is 0 Å². The molecule has 0 aliphatic heterocycles. The quantitative estimate of drug-likeness (QED) is 0.582. The van der Waals surface area contributed by atoms with Crippen LogP contribution < -0.4 is 5.32 Å². The van der Waals surface area contributed by atoms with E-state index in [4.69, 9.17) is 5.11 Å². The van der Waals surface area contributed by atoms with E-state index in [1.54, 1.807) is 9.20 Å². The summed E-state index contributed by atoms with van der Waals surface area (Å²) >= 11 is 0. The normalized spacial score (nSPS) is 11.0. The van der Waals surface area contributed by atoms with Gasteiger partial charge in [-0.05, 0) is 36.2 Å². The zero-order valence-electron chi connectivity index (χ0n) is 14.9. The summed E-state index contributed by atoms with van der Waals surface area (Å²) in [5.74, 6) is 0. The molecule has 3 aromatic heterocycles. The zero-order valence-corrected chi connectivity index (χ0v) is 14.9. The Kier molecular flexibility index (Phi) is 4.08. The molecular formula is C19H18N6O2. The molecular weight excluding hydrogens is 344 g/mol. The van der Waals surface area contributed by atoms with E-state index in [9.17, 15) is 4.79 Å². The van der Waals surface area contributed by atoms with Gasteiger partial charge in [0.2, 0.25) is 0 Å². The first-order valence-electron chi connectivity index (χ1n) is 8.41. The number of aryl methyl sites for hydroxylation is 2. The highest BCUT2D eigenvalue weighted by molar-refractivity contribution is 5.81. The third-order valence-electron chi connectivity index (χ3n) is 4.46. The van der Waals surface area contributed by atoms with Crippen molar-refractivity contribution in [1.29, 1.82) is 0 Å². The highest BCUT2D eigenvalue weighted by atomic mass is 16.4. The van der Waals surface area contributed by atoms with Gasteiger partial charge in [0.15, 0.2) is 0 Å². The van der Waals surface area contributed by atoms with Crippen molar-refractivity contribution in [2.45, 2.75) is 13.5 Å². The second-order valence-corrected chi connectivity index (χ2v) is 6.34. The molecule has 0 spiro atoms. The maximum absolute atomic E-state index is 10.7. The van der Waals surface area contributed by atoms with Gasteiger partial charge in [0.05, 0.1) is 16.9 Å². The van der Waals surface area contributed by atoms with Crippen LogP contribution >= 0.6 is 0 Å². The van der Waals surface area contributed by atoms with Gasteiger partial charge < -0.3 is 10.4 Å². The average Bonchev–Trinajstić information content (AvgIpc) is 3.26. The van der Waals surface area contributed by atoms with Crippen LogP contribution in [0, 0.1) is 6.92 Å². The lowest BCUT2D eigenvalue weighted by atomic mass is 10.0. The van der Waals surface area contributed by atoms with Gasteiger partial charge in [-0.1, -0.05) is 12.1 Å². The maximum Gasteiger partial charge on any atom is 0.404 e. The summed E-state index contributed by atoms with van der Waals surface area (Å²) in [5, 5.41) is 19.9. The van der Waals surface area contributed by atoms with E-state index in [2.05, 4.69) is 20.5 Å². The Balaban J connectivity index is 1.74. The summed E-state index contributed by atoms with van der Waals surface area (Å²) in [4.78, 5) is 15.2. The van der Waals surface area contributed by atoms with Crippen LogP contribution in [0.2, 0.25) is 0 Å². The second-order valence-electron chi connectivity index (χ2n) is 6.34. The number of nitrogens with one attached hydrogen (secondary N) is 1. The first kappa shape index (κ1) is 16.8. The molecule has 0 bridgehead atoms. The lowest BCUT2D eigenvalue weighted by molar-refractivity contribution is 0.194. The van der Waals surface area contributed by atoms with Crippen LogP contribution in [0.1, 0.15) is 11.1 Å². The Hall–Kier alpha value is -3.68. The summed E-state index contributed by atoms with van der Waals surface area (Å²) in [6, 6.07) is 9.85. The Labute approximate surface area is 155 Å². The topological polar surface area (TPSA) is 97.3 Å². The van der Waals surface area contributed by atoms with Gasteiger partial charge >= 0.3 is 6.09 Å². The van der Waals surface area contributed by atoms with Crippen LogP contribution in [0.4, 0.5) is 4.79 Å². The lowest BCUT2D eigenvalue weighted by Crippen LogP contribution is -2.20. The van der Waals surface area contributed by atoms with Crippen LogP contribution in [-0.4, -0.2) is 35.6 Å². The fraction of sp³-hybridized carbons (Fsp3) is 0.158. The summed E-state index contributed by atoms with van der Waals surface area (Å²) in [5.41, 5.74) is 6.41. The third kappa shape index (κ3) is 3.24. The molecule has 0 aliphatic carbocycles. The molecule has 0 atom stereocenters. The van der Waals surface area contributed by atoms with Crippen LogP contribution in [-0.2, 0) is 13.6 Å². The number of nitrogens with zero attached hydrogens (tertiary/aromatic N) is 5. The first-order chi connectivity index (χ1) is 13.0. The Morgan fingerprint density at radius 1 is 1.22 bits per heavy atom. The molecule has 8 nitrogen and oxygen atoms in total. The third-order valence-corrected chi connectivity index (χ3v) is 4.46. The van der Waals surface area contributed by atoms with Crippen LogP contribution in [0.25, 0.3) is 28.0 Å². The van der Waals surface area contributed by atoms with Crippen molar-refractivity contribution < 1.29 is 9.90 Å². The van der Waals surface area contributed by atoms with E-state index < -0.39 is 6.09 Å². The van der Waals surface area contributed by atoms with Gasteiger partial charge in [-0.25, -0.2) is 14.3 Å². The molecule has 136 valence electrons. The molecule has 0 saturated carbocycles. The second kappa shape index (κ2) is 6.56. The van der Waals surface area contributed by atoms with Gasteiger partial charge in [-0.15, -0.1) is 0 Å². The summed E-state index contributed by atoms with van der Waals surface area (Å²) in [6.45, 7) is 2.23. The van der Waals surface area contributed by atoms with Gasteiger partial charge in [-0.3, -0.25) is 4.68 Å². The van der Waals surface area contributed by atoms with E-state index in [0.29, 0.717) is 0 Å². The number of aromatic nitrogens is 5. The van der Waals surface area contributed by atoms with Crippen LogP contribution in [0.15, 0.2) is 49.1 Å². The molecule has 2 N–H and O–H groups in total. The Bertz CT molecular complexity index is 1140. The van der Waals surface area contributed by atoms with Crippen molar-refractivity contribution in [2.24, 2.45) is 7.05 Å². The smallest absolute Gasteiger partial charge is 0.404 e. The van der Waals surface area contributed by atoms with Gasteiger partial charge in [0, 0.05) is 37.1 Å². The maximum atomic E-state index is 10.7. The van der Waals surface area contributed by atoms with E-state index in [-0.39, 0.29) is 6.54 Å². The lowest BCUT2D eigenvalue weighted by Gasteiger charge is -2.09. The fourth-order valence-corrected chi connectivity index (χ4v) is 3.07. The largest absolute Gasteiger partial charge is 0.465 e. The minimum atomic E-state index is -1.04. The van der Waals surface area contributed by atoms with Crippen molar-refractivity contribution in [3.05, 3.63) is 60.2 Å². The van der Waals surface area contributed by atoms with E-state index in [1.165, 1.54) is 6.33 Å². The number of amides is 1. The number of hydrogen-bond acceptors (Lipinski definition) is 4. The monoisotopic (exact) mass is 362 g/mol. The molecule has 0 radical (unpaired) electrons. The SMILES string of the molecule is Cc1cc(-c2ncnn3cc(-c4ccn(C)n4)cc23)ccc1CNC(=O)O. The zero-order chi connectivity index (χ0) is 19.0. The van der Waals surface area contributed by atoms with Crippen molar-refractivity contribution in [2.75, 3.05) is 0 Å². The van der Waals surface area contributed by atoms with E-state index in [1.807, 2.05) is 56.7 Å². The molecule has 3 heterocycles. The molecule has 0 aliphatic rings. The molecule has 0 fully saturated rings. The van der Waals surface area contributed by atoms with Crippen molar-refractivity contribution >= 4 is 11.6 Å². The number of benzene rings is 1.